The Morgan fingerprint density at radius 3 is 2.00 bits per heavy atom. The molecule has 0 aliphatic carbocycles. The van der Waals surface area contributed by atoms with Crippen molar-refractivity contribution in [2.24, 2.45) is 11.5 Å². The number of hydrogen-bond donors (Lipinski definition) is 2. The van der Waals surface area contributed by atoms with Crippen molar-refractivity contribution in [2.75, 3.05) is 0 Å². The van der Waals surface area contributed by atoms with E-state index in [2.05, 4.69) is 0 Å². The molecule has 0 unspecified atom stereocenters. The molecule has 5 heteroatoms. The van der Waals surface area contributed by atoms with Gasteiger partial charge in [-0.3, -0.25) is 0 Å². The number of nitrogens with two attached hydrogens (primary N) is 2. The molecule has 0 bridgehead atoms. The van der Waals surface area contributed by atoms with E-state index in [1.54, 1.807) is 6.92 Å². The molecule has 0 aromatic heterocycles. The van der Waals surface area contributed by atoms with Gasteiger partial charge in [-0.2, -0.15) is 0 Å². The smallest absolute Gasteiger partial charge is 0.161 e. The third kappa shape index (κ3) is 2.05. The standard InChI is InChI=1S/C9H11F3N2/c1-4(13)9(14)5-2-7(11)8(12)3-6(5)10/h2-4,9H,13-14H2,1H3/t4-,9-/m0/s1. The van der Waals surface area contributed by atoms with Crippen LogP contribution in [0.4, 0.5) is 13.2 Å². The summed E-state index contributed by atoms with van der Waals surface area (Å²) in [6.45, 7) is 1.56. The lowest BCUT2D eigenvalue weighted by atomic mass is 10.0. The second-order valence-corrected chi connectivity index (χ2v) is 3.17. The van der Waals surface area contributed by atoms with Gasteiger partial charge in [0, 0.05) is 23.7 Å². The fourth-order valence-electron chi connectivity index (χ4n) is 1.08. The van der Waals surface area contributed by atoms with Crippen LogP contribution in [-0.4, -0.2) is 6.04 Å². The normalized spacial score (nSPS) is 15.3. The maximum absolute atomic E-state index is 13.1. The first-order valence-corrected chi connectivity index (χ1v) is 4.09. The van der Waals surface area contributed by atoms with Crippen LogP contribution in [0.3, 0.4) is 0 Å². The van der Waals surface area contributed by atoms with Gasteiger partial charge in [-0.05, 0) is 13.0 Å². The van der Waals surface area contributed by atoms with Crippen LogP contribution in [0, 0.1) is 17.5 Å². The lowest BCUT2D eigenvalue weighted by Gasteiger charge is -2.16. The largest absolute Gasteiger partial charge is 0.326 e. The minimum atomic E-state index is -1.23. The predicted molar refractivity (Wildman–Crippen MR) is 46.9 cm³/mol. The van der Waals surface area contributed by atoms with E-state index in [4.69, 9.17) is 11.5 Å². The molecule has 2 nitrogen and oxygen atoms in total. The highest BCUT2D eigenvalue weighted by atomic mass is 19.2. The van der Waals surface area contributed by atoms with Crippen LogP contribution in [0.1, 0.15) is 18.5 Å². The number of halogens is 3. The van der Waals surface area contributed by atoms with Gasteiger partial charge in [0.2, 0.25) is 0 Å². The second kappa shape index (κ2) is 3.98. The van der Waals surface area contributed by atoms with Crippen molar-refractivity contribution in [1.29, 1.82) is 0 Å². The molecule has 2 atom stereocenters. The zero-order valence-electron chi connectivity index (χ0n) is 7.60. The molecule has 0 saturated carbocycles. The molecule has 0 heterocycles. The third-order valence-electron chi connectivity index (χ3n) is 1.97. The lowest BCUT2D eigenvalue weighted by Crippen LogP contribution is -2.31. The van der Waals surface area contributed by atoms with E-state index in [0.29, 0.717) is 6.07 Å². The van der Waals surface area contributed by atoms with Crippen LogP contribution in [0.25, 0.3) is 0 Å². The number of hydrogen-bond acceptors (Lipinski definition) is 2. The highest BCUT2D eigenvalue weighted by molar-refractivity contribution is 5.24. The molecule has 14 heavy (non-hydrogen) atoms. The van der Waals surface area contributed by atoms with Gasteiger partial charge in [0.1, 0.15) is 5.82 Å². The molecule has 0 amide bonds. The van der Waals surface area contributed by atoms with Crippen LogP contribution < -0.4 is 11.5 Å². The van der Waals surface area contributed by atoms with E-state index in [0.717, 1.165) is 6.07 Å². The maximum Gasteiger partial charge on any atom is 0.161 e. The van der Waals surface area contributed by atoms with Crippen molar-refractivity contribution < 1.29 is 13.2 Å². The molecule has 0 saturated heterocycles. The van der Waals surface area contributed by atoms with Gasteiger partial charge in [0.25, 0.3) is 0 Å². The average Bonchev–Trinajstić information content (AvgIpc) is 2.10. The van der Waals surface area contributed by atoms with Gasteiger partial charge in [0.05, 0.1) is 0 Å². The van der Waals surface area contributed by atoms with Crippen LogP contribution >= 0.6 is 0 Å². The molecular weight excluding hydrogens is 193 g/mol. The molecular formula is C9H11F3N2. The summed E-state index contributed by atoms with van der Waals surface area (Å²) in [6.07, 6.45) is 0. The first-order chi connectivity index (χ1) is 6.43. The summed E-state index contributed by atoms with van der Waals surface area (Å²) in [5.41, 5.74) is 10.8. The Kier molecular flexibility index (Phi) is 3.13. The molecule has 0 fully saturated rings. The average molecular weight is 204 g/mol. The quantitative estimate of drug-likeness (QED) is 0.716. The Morgan fingerprint density at radius 2 is 1.50 bits per heavy atom. The van der Waals surface area contributed by atoms with Gasteiger partial charge < -0.3 is 11.5 Å². The lowest BCUT2D eigenvalue weighted by molar-refractivity contribution is 0.475. The van der Waals surface area contributed by atoms with Crippen molar-refractivity contribution in [3.05, 3.63) is 35.1 Å². The fraction of sp³-hybridized carbons (Fsp3) is 0.333. The molecule has 1 aromatic carbocycles. The van der Waals surface area contributed by atoms with E-state index >= 15 is 0 Å². The predicted octanol–water partition coefficient (Wildman–Crippen LogP) is 1.45. The summed E-state index contributed by atoms with van der Waals surface area (Å²) >= 11 is 0. The highest BCUT2D eigenvalue weighted by Crippen LogP contribution is 2.20. The summed E-state index contributed by atoms with van der Waals surface area (Å²) in [5.74, 6) is -3.24. The summed E-state index contributed by atoms with van der Waals surface area (Å²) in [7, 11) is 0. The van der Waals surface area contributed by atoms with Crippen molar-refractivity contribution in [1.82, 2.24) is 0 Å². The van der Waals surface area contributed by atoms with E-state index in [1.807, 2.05) is 0 Å². The molecule has 0 radical (unpaired) electrons. The number of rotatable bonds is 2. The molecule has 0 spiro atoms. The van der Waals surface area contributed by atoms with E-state index in [1.165, 1.54) is 0 Å². The summed E-state index contributed by atoms with van der Waals surface area (Å²) in [4.78, 5) is 0. The minimum Gasteiger partial charge on any atom is -0.326 e. The van der Waals surface area contributed by atoms with Gasteiger partial charge in [-0.1, -0.05) is 0 Å². The van der Waals surface area contributed by atoms with Crippen molar-refractivity contribution >= 4 is 0 Å². The number of benzene rings is 1. The highest BCUT2D eigenvalue weighted by Gasteiger charge is 2.18. The Bertz CT molecular complexity index is 339. The van der Waals surface area contributed by atoms with Crippen molar-refractivity contribution in [3.8, 4) is 0 Å². The summed E-state index contributed by atoms with van der Waals surface area (Å²) in [6, 6.07) is -0.175. The van der Waals surface area contributed by atoms with Gasteiger partial charge in [-0.25, -0.2) is 13.2 Å². The monoisotopic (exact) mass is 204 g/mol. The fourth-order valence-corrected chi connectivity index (χ4v) is 1.08. The van der Waals surface area contributed by atoms with Gasteiger partial charge >= 0.3 is 0 Å². The maximum atomic E-state index is 13.1. The van der Waals surface area contributed by atoms with Crippen LogP contribution in [0.5, 0.6) is 0 Å². The van der Waals surface area contributed by atoms with Crippen LogP contribution in [-0.2, 0) is 0 Å². The third-order valence-corrected chi connectivity index (χ3v) is 1.97. The molecule has 78 valence electrons. The zero-order chi connectivity index (χ0) is 10.9. The van der Waals surface area contributed by atoms with Gasteiger partial charge in [0.15, 0.2) is 11.6 Å². The van der Waals surface area contributed by atoms with Gasteiger partial charge in [-0.15, -0.1) is 0 Å². The van der Waals surface area contributed by atoms with Crippen LogP contribution in [0.2, 0.25) is 0 Å². The SMILES string of the molecule is C[C@H](N)[C@H](N)c1cc(F)c(F)cc1F. The Labute approximate surface area is 79.7 Å². The van der Waals surface area contributed by atoms with E-state index in [9.17, 15) is 13.2 Å². The van der Waals surface area contributed by atoms with E-state index in [-0.39, 0.29) is 5.56 Å². The Morgan fingerprint density at radius 1 is 1.00 bits per heavy atom. The topological polar surface area (TPSA) is 52.0 Å². The molecule has 0 aliphatic rings. The first-order valence-electron chi connectivity index (χ1n) is 4.09. The summed E-state index contributed by atoms with van der Waals surface area (Å²) < 4.78 is 38.4. The Balaban J connectivity index is 3.15. The minimum absolute atomic E-state index is 0.112. The molecule has 1 rings (SSSR count). The molecule has 4 N–H and O–H groups in total. The van der Waals surface area contributed by atoms with E-state index < -0.39 is 29.5 Å². The second-order valence-electron chi connectivity index (χ2n) is 3.17. The zero-order valence-corrected chi connectivity index (χ0v) is 7.60. The first kappa shape index (κ1) is 11.0. The van der Waals surface area contributed by atoms with Crippen LogP contribution in [0.15, 0.2) is 12.1 Å². The van der Waals surface area contributed by atoms with Crippen molar-refractivity contribution in [2.45, 2.75) is 19.0 Å². The van der Waals surface area contributed by atoms with Crippen molar-refractivity contribution in [3.63, 3.8) is 0 Å². The molecule has 1 aromatic rings. The Hall–Kier alpha value is -1.07. The summed E-state index contributed by atoms with van der Waals surface area (Å²) in [5, 5.41) is 0. The molecule has 0 aliphatic heterocycles.